The second kappa shape index (κ2) is 5.00. The smallest absolute Gasteiger partial charge is 0.123 e. The molecule has 21 heavy (non-hydrogen) atoms. The first kappa shape index (κ1) is 13.1. The van der Waals surface area contributed by atoms with E-state index in [1.54, 1.807) is 7.11 Å². The molecule has 1 aliphatic heterocycles. The number of fused-ring (bicyclic) bond motifs is 3. The van der Waals surface area contributed by atoms with Crippen molar-refractivity contribution in [2.24, 2.45) is 0 Å². The summed E-state index contributed by atoms with van der Waals surface area (Å²) in [6.07, 6.45) is 2.35. The second-order valence-electron chi connectivity index (χ2n) is 5.66. The van der Waals surface area contributed by atoms with Crippen molar-refractivity contribution < 1.29 is 4.74 Å². The molecule has 0 unspecified atom stereocenters. The number of aromatic nitrogens is 2. The van der Waals surface area contributed by atoms with E-state index in [4.69, 9.17) is 9.72 Å². The van der Waals surface area contributed by atoms with Crippen molar-refractivity contribution in [1.29, 1.82) is 0 Å². The van der Waals surface area contributed by atoms with Crippen molar-refractivity contribution in [2.75, 3.05) is 20.2 Å². The fourth-order valence-corrected chi connectivity index (χ4v) is 4.36. The van der Waals surface area contributed by atoms with Gasteiger partial charge in [0.2, 0.25) is 0 Å². The molecule has 0 aliphatic carbocycles. The predicted molar refractivity (Wildman–Crippen MR) is 86.7 cm³/mol. The van der Waals surface area contributed by atoms with Crippen molar-refractivity contribution in [3.63, 3.8) is 0 Å². The monoisotopic (exact) mass is 301 g/mol. The van der Waals surface area contributed by atoms with E-state index in [0.29, 0.717) is 5.92 Å². The molecule has 1 aromatic carbocycles. The van der Waals surface area contributed by atoms with Crippen LogP contribution in [0.2, 0.25) is 0 Å². The van der Waals surface area contributed by atoms with Crippen LogP contribution in [0.3, 0.4) is 0 Å². The van der Waals surface area contributed by atoms with Crippen LogP contribution in [0.15, 0.2) is 18.2 Å². The van der Waals surface area contributed by atoms with Gasteiger partial charge in [-0.3, -0.25) is 4.40 Å². The van der Waals surface area contributed by atoms with Gasteiger partial charge in [-0.15, -0.1) is 11.3 Å². The van der Waals surface area contributed by atoms with Gasteiger partial charge in [0.1, 0.15) is 16.4 Å². The Kier molecular flexibility index (Phi) is 3.12. The van der Waals surface area contributed by atoms with Gasteiger partial charge in [-0.05, 0) is 51.1 Å². The van der Waals surface area contributed by atoms with E-state index < -0.39 is 0 Å². The van der Waals surface area contributed by atoms with Gasteiger partial charge >= 0.3 is 0 Å². The SMILES string of the molecule is COc1ccc2c(c1)sc1c(C)nc(C3CCNCC3)n12. The maximum Gasteiger partial charge on any atom is 0.123 e. The number of thiazole rings is 1. The molecule has 3 aromatic rings. The van der Waals surface area contributed by atoms with Gasteiger partial charge in [0, 0.05) is 5.92 Å². The quantitative estimate of drug-likeness (QED) is 0.789. The van der Waals surface area contributed by atoms with Gasteiger partial charge in [-0.2, -0.15) is 0 Å². The normalized spacial score (nSPS) is 16.9. The summed E-state index contributed by atoms with van der Waals surface area (Å²) in [5.41, 5.74) is 2.40. The molecule has 0 atom stereocenters. The van der Waals surface area contributed by atoms with Crippen LogP contribution in [-0.2, 0) is 0 Å². The van der Waals surface area contributed by atoms with E-state index in [9.17, 15) is 0 Å². The molecule has 2 aromatic heterocycles. The molecule has 1 N–H and O–H groups in total. The third kappa shape index (κ3) is 2.03. The molecule has 0 saturated carbocycles. The summed E-state index contributed by atoms with van der Waals surface area (Å²) in [5.74, 6) is 2.72. The van der Waals surface area contributed by atoms with E-state index in [1.807, 2.05) is 17.4 Å². The number of imidazole rings is 1. The Bertz CT molecular complexity index is 799. The van der Waals surface area contributed by atoms with Crippen molar-refractivity contribution >= 4 is 26.4 Å². The molecule has 4 nitrogen and oxygen atoms in total. The second-order valence-corrected chi connectivity index (χ2v) is 6.69. The third-order valence-corrected chi connectivity index (χ3v) is 5.56. The summed E-state index contributed by atoms with van der Waals surface area (Å²) in [5, 5.41) is 3.43. The first-order valence-electron chi connectivity index (χ1n) is 7.44. The van der Waals surface area contributed by atoms with Crippen LogP contribution in [-0.4, -0.2) is 29.6 Å². The lowest BCUT2D eigenvalue weighted by atomic mass is 9.97. The minimum Gasteiger partial charge on any atom is -0.497 e. The maximum absolute atomic E-state index is 5.35. The van der Waals surface area contributed by atoms with Crippen molar-refractivity contribution in [1.82, 2.24) is 14.7 Å². The number of piperidine rings is 1. The first-order valence-corrected chi connectivity index (χ1v) is 8.26. The number of methoxy groups -OCH3 is 1. The summed E-state index contributed by atoms with van der Waals surface area (Å²) >= 11 is 1.81. The molecule has 0 radical (unpaired) electrons. The Morgan fingerprint density at radius 2 is 2.14 bits per heavy atom. The highest BCUT2D eigenvalue weighted by atomic mass is 32.1. The largest absolute Gasteiger partial charge is 0.497 e. The van der Waals surface area contributed by atoms with Gasteiger partial charge in [-0.25, -0.2) is 4.98 Å². The van der Waals surface area contributed by atoms with Crippen LogP contribution < -0.4 is 10.1 Å². The van der Waals surface area contributed by atoms with Crippen molar-refractivity contribution in [3.8, 4) is 5.75 Å². The lowest BCUT2D eigenvalue weighted by Gasteiger charge is -2.21. The summed E-state index contributed by atoms with van der Waals surface area (Å²) in [6, 6.07) is 6.32. The Hall–Kier alpha value is -1.59. The molecule has 5 heteroatoms. The highest BCUT2D eigenvalue weighted by Crippen LogP contribution is 2.36. The van der Waals surface area contributed by atoms with E-state index >= 15 is 0 Å². The molecule has 3 heterocycles. The Balaban J connectivity index is 1.94. The van der Waals surface area contributed by atoms with Gasteiger partial charge in [0.25, 0.3) is 0 Å². The highest BCUT2D eigenvalue weighted by Gasteiger charge is 2.23. The molecule has 0 bridgehead atoms. The standard InChI is InChI=1S/C16H19N3OS/c1-10-16-19(15(18-10)11-5-7-17-8-6-11)13-4-3-12(20-2)9-14(13)21-16/h3-4,9,11,17H,5-8H2,1-2H3. The van der Waals surface area contributed by atoms with Crippen molar-refractivity contribution in [3.05, 3.63) is 29.7 Å². The minimum absolute atomic E-state index is 0.562. The number of aryl methyl sites for hydroxylation is 1. The number of ether oxygens (including phenoxy) is 1. The van der Waals surface area contributed by atoms with E-state index in [1.165, 1.54) is 33.7 Å². The molecule has 1 aliphatic rings. The number of hydrogen-bond donors (Lipinski definition) is 1. The lowest BCUT2D eigenvalue weighted by molar-refractivity contribution is 0.415. The van der Waals surface area contributed by atoms with Gasteiger partial charge in [0.05, 0.1) is 23.0 Å². The zero-order chi connectivity index (χ0) is 14.4. The maximum atomic E-state index is 5.35. The van der Waals surface area contributed by atoms with E-state index in [-0.39, 0.29) is 0 Å². The highest BCUT2D eigenvalue weighted by molar-refractivity contribution is 7.24. The Morgan fingerprint density at radius 1 is 1.33 bits per heavy atom. The summed E-state index contributed by atoms with van der Waals surface area (Å²) in [4.78, 5) is 6.15. The van der Waals surface area contributed by atoms with Crippen LogP contribution >= 0.6 is 11.3 Å². The average Bonchev–Trinajstić information content (AvgIpc) is 3.05. The molecule has 0 spiro atoms. The van der Waals surface area contributed by atoms with Crippen LogP contribution in [0.1, 0.15) is 30.3 Å². The molecular formula is C16H19N3OS. The summed E-state index contributed by atoms with van der Waals surface area (Å²) < 4.78 is 8.98. The van der Waals surface area contributed by atoms with E-state index in [0.717, 1.165) is 24.5 Å². The molecule has 1 saturated heterocycles. The van der Waals surface area contributed by atoms with Crippen LogP contribution in [0.5, 0.6) is 5.75 Å². The summed E-state index contributed by atoms with van der Waals surface area (Å²) in [7, 11) is 1.72. The topological polar surface area (TPSA) is 38.6 Å². The van der Waals surface area contributed by atoms with Gasteiger partial charge in [-0.1, -0.05) is 0 Å². The molecule has 4 rings (SSSR count). The Labute approximate surface area is 127 Å². The number of benzene rings is 1. The third-order valence-electron chi connectivity index (χ3n) is 4.34. The molecule has 1 fully saturated rings. The number of rotatable bonds is 2. The van der Waals surface area contributed by atoms with Crippen LogP contribution in [0, 0.1) is 6.92 Å². The predicted octanol–water partition coefficient (Wildman–Crippen LogP) is 3.33. The van der Waals surface area contributed by atoms with Gasteiger partial charge in [0.15, 0.2) is 0 Å². The van der Waals surface area contributed by atoms with E-state index in [2.05, 4.69) is 28.8 Å². The fourth-order valence-electron chi connectivity index (χ4n) is 3.23. The number of nitrogens with zero attached hydrogens (tertiary/aromatic N) is 2. The minimum atomic E-state index is 0.562. The zero-order valence-electron chi connectivity index (χ0n) is 12.3. The molecule has 110 valence electrons. The fraction of sp³-hybridized carbons (Fsp3) is 0.438. The average molecular weight is 301 g/mol. The zero-order valence-corrected chi connectivity index (χ0v) is 13.2. The number of hydrogen-bond acceptors (Lipinski definition) is 4. The Morgan fingerprint density at radius 3 is 2.90 bits per heavy atom. The summed E-state index contributed by atoms with van der Waals surface area (Å²) in [6.45, 7) is 4.30. The van der Waals surface area contributed by atoms with Crippen LogP contribution in [0.25, 0.3) is 15.0 Å². The van der Waals surface area contributed by atoms with Crippen molar-refractivity contribution in [2.45, 2.75) is 25.7 Å². The molecule has 0 amide bonds. The van der Waals surface area contributed by atoms with Crippen LogP contribution in [0.4, 0.5) is 0 Å². The first-order chi connectivity index (χ1) is 10.3. The van der Waals surface area contributed by atoms with Gasteiger partial charge < -0.3 is 10.1 Å². The number of nitrogens with one attached hydrogen (secondary N) is 1. The lowest BCUT2D eigenvalue weighted by Crippen LogP contribution is -2.27. The molecular weight excluding hydrogens is 282 g/mol.